The Hall–Kier alpha value is -3.65. The van der Waals surface area contributed by atoms with Gasteiger partial charge in [-0.15, -0.1) is 0 Å². The number of rotatable bonds is 6. The monoisotopic (exact) mass is 486 g/mol. The summed E-state index contributed by atoms with van der Waals surface area (Å²) in [6, 6.07) is 19.4. The maximum absolute atomic E-state index is 13.7. The number of ether oxygens (including phenoxy) is 1. The van der Waals surface area contributed by atoms with Crippen LogP contribution in [0.2, 0.25) is 0 Å². The van der Waals surface area contributed by atoms with E-state index in [0.29, 0.717) is 47.3 Å². The number of hydrogen-bond donors (Lipinski definition) is 0. The summed E-state index contributed by atoms with van der Waals surface area (Å²) in [7, 11) is 0. The van der Waals surface area contributed by atoms with Crippen LogP contribution in [0.1, 0.15) is 38.4 Å². The summed E-state index contributed by atoms with van der Waals surface area (Å²) in [5.41, 5.74) is 2.47. The zero-order valence-electron chi connectivity index (χ0n) is 19.9. The third kappa shape index (κ3) is 3.87. The van der Waals surface area contributed by atoms with Gasteiger partial charge in [-0.25, -0.2) is 9.88 Å². The predicted octanol–water partition coefficient (Wildman–Crippen LogP) is 4.47. The van der Waals surface area contributed by atoms with Gasteiger partial charge in [0.1, 0.15) is 5.75 Å². The lowest BCUT2D eigenvalue weighted by atomic mass is 9.96. The molecule has 1 amide bonds. The molecule has 0 fully saturated rings. The number of thioether (sulfide) groups is 1. The molecule has 1 aromatic heterocycles. The van der Waals surface area contributed by atoms with Gasteiger partial charge in [0.15, 0.2) is 0 Å². The molecule has 178 valence electrons. The van der Waals surface area contributed by atoms with Crippen LogP contribution in [-0.2, 0) is 4.79 Å². The first-order valence-corrected chi connectivity index (χ1v) is 12.9. The Bertz CT molecular complexity index is 1430. The number of nitrogens with zero attached hydrogens (tertiary/aromatic N) is 4. The van der Waals surface area contributed by atoms with E-state index < -0.39 is 6.17 Å². The predicted molar refractivity (Wildman–Crippen MR) is 135 cm³/mol. The van der Waals surface area contributed by atoms with Crippen LogP contribution < -0.4 is 19.4 Å². The van der Waals surface area contributed by atoms with Gasteiger partial charge in [0.05, 0.1) is 29.3 Å². The SMILES string of the molecule is CCCC(=O)N1c2ccccc2-c2c([O-])nc(SC)n[n+]2C1c1c(OCC)ccc2ccccc12. The third-order valence-corrected chi connectivity index (χ3v) is 6.66. The van der Waals surface area contributed by atoms with Crippen molar-refractivity contribution in [3.63, 3.8) is 0 Å². The van der Waals surface area contributed by atoms with Crippen LogP contribution >= 0.6 is 11.8 Å². The van der Waals surface area contributed by atoms with E-state index in [-0.39, 0.29) is 11.8 Å². The number of benzene rings is 3. The van der Waals surface area contributed by atoms with E-state index in [0.717, 1.165) is 16.3 Å². The van der Waals surface area contributed by atoms with Crippen molar-refractivity contribution in [3.05, 3.63) is 66.2 Å². The first kappa shape index (κ1) is 23.1. The van der Waals surface area contributed by atoms with Crippen LogP contribution in [0.15, 0.2) is 65.8 Å². The Morgan fingerprint density at radius 1 is 1.11 bits per heavy atom. The lowest BCUT2D eigenvalue weighted by molar-refractivity contribution is -0.764. The summed E-state index contributed by atoms with van der Waals surface area (Å²) in [4.78, 5) is 19.7. The summed E-state index contributed by atoms with van der Waals surface area (Å²) in [5, 5.41) is 20.4. The zero-order chi connectivity index (χ0) is 24.5. The normalized spacial score (nSPS) is 14.5. The van der Waals surface area contributed by atoms with Crippen LogP contribution in [0.25, 0.3) is 22.0 Å². The van der Waals surface area contributed by atoms with Gasteiger partial charge < -0.3 is 9.84 Å². The van der Waals surface area contributed by atoms with E-state index in [1.807, 2.05) is 80.8 Å². The molecule has 1 unspecified atom stereocenters. The van der Waals surface area contributed by atoms with Gasteiger partial charge in [-0.1, -0.05) is 65.8 Å². The van der Waals surface area contributed by atoms with Crippen molar-refractivity contribution in [1.82, 2.24) is 10.1 Å². The molecule has 0 saturated heterocycles. The second-order valence-electron chi connectivity index (χ2n) is 8.23. The molecule has 0 radical (unpaired) electrons. The molecule has 7 nitrogen and oxygen atoms in total. The number of anilines is 1. The fourth-order valence-electron chi connectivity index (χ4n) is 4.71. The summed E-state index contributed by atoms with van der Waals surface area (Å²) in [6.45, 7) is 4.37. The molecule has 0 N–H and O–H groups in total. The number of para-hydroxylation sites is 1. The summed E-state index contributed by atoms with van der Waals surface area (Å²) < 4.78 is 7.77. The highest BCUT2D eigenvalue weighted by Gasteiger charge is 2.46. The molecule has 0 spiro atoms. The van der Waals surface area contributed by atoms with Crippen LogP contribution in [0, 0.1) is 0 Å². The summed E-state index contributed by atoms with van der Waals surface area (Å²) in [5.74, 6) is 0.234. The standard InChI is InChI=1S/C27H26N4O3S/c1-4-10-22(32)30-20-14-9-8-13-19(20)24-25(33)28-27(35-3)29-31(24)26(30)23-18-12-7-6-11-17(18)15-16-21(23)34-5-2/h6-9,11-16,26H,4-5,10H2,1-3H3. The van der Waals surface area contributed by atoms with E-state index in [2.05, 4.69) is 4.98 Å². The molecule has 4 aromatic rings. The van der Waals surface area contributed by atoms with Crippen LogP contribution in [0.3, 0.4) is 0 Å². The van der Waals surface area contributed by atoms with Crippen molar-refractivity contribution in [2.45, 2.75) is 38.0 Å². The molecule has 1 aliphatic rings. The molecule has 0 aliphatic carbocycles. The largest absolute Gasteiger partial charge is 0.854 e. The molecule has 5 rings (SSSR count). The molecule has 1 aliphatic heterocycles. The average molecular weight is 487 g/mol. The zero-order valence-corrected chi connectivity index (χ0v) is 20.7. The van der Waals surface area contributed by atoms with E-state index in [9.17, 15) is 9.90 Å². The Kier molecular flexibility index (Phi) is 6.30. The molecular formula is C27H26N4O3S. The van der Waals surface area contributed by atoms with Gasteiger partial charge in [-0.2, -0.15) is 0 Å². The number of carbonyl (C=O) groups is 1. The molecule has 3 aromatic carbocycles. The van der Waals surface area contributed by atoms with Gasteiger partial charge in [-0.3, -0.25) is 4.79 Å². The highest BCUT2D eigenvalue weighted by atomic mass is 32.2. The summed E-state index contributed by atoms with van der Waals surface area (Å²) >= 11 is 1.29. The smallest absolute Gasteiger partial charge is 0.297 e. The van der Waals surface area contributed by atoms with Crippen molar-refractivity contribution in [2.24, 2.45) is 0 Å². The van der Waals surface area contributed by atoms with Gasteiger partial charge in [0.2, 0.25) is 5.91 Å². The van der Waals surface area contributed by atoms with Crippen LogP contribution in [0.4, 0.5) is 5.69 Å². The second kappa shape index (κ2) is 9.54. The fourth-order valence-corrected chi connectivity index (χ4v) is 5.05. The fraction of sp³-hybridized carbons (Fsp3) is 0.259. The molecule has 1 atom stereocenters. The van der Waals surface area contributed by atoms with Gasteiger partial charge in [0.25, 0.3) is 17.0 Å². The minimum Gasteiger partial charge on any atom is -0.854 e. The third-order valence-electron chi connectivity index (χ3n) is 6.12. The molecule has 2 heterocycles. The van der Waals surface area contributed by atoms with Crippen molar-refractivity contribution < 1.29 is 19.3 Å². The minimum absolute atomic E-state index is 0.0461. The van der Waals surface area contributed by atoms with Crippen molar-refractivity contribution in [2.75, 3.05) is 17.8 Å². The minimum atomic E-state index is -0.715. The number of aromatic nitrogens is 3. The second-order valence-corrected chi connectivity index (χ2v) is 9.01. The Balaban J connectivity index is 1.92. The quantitative estimate of drug-likeness (QED) is 0.295. The lowest BCUT2D eigenvalue weighted by Gasteiger charge is -2.34. The van der Waals surface area contributed by atoms with Crippen LogP contribution in [0.5, 0.6) is 11.6 Å². The highest BCUT2D eigenvalue weighted by Crippen LogP contribution is 2.44. The highest BCUT2D eigenvalue weighted by molar-refractivity contribution is 7.98. The van der Waals surface area contributed by atoms with Crippen molar-refractivity contribution >= 4 is 34.1 Å². The first-order chi connectivity index (χ1) is 17.1. The maximum Gasteiger partial charge on any atom is 0.297 e. The van der Waals surface area contributed by atoms with E-state index >= 15 is 0 Å². The van der Waals surface area contributed by atoms with Gasteiger partial charge in [-0.05, 0) is 48.6 Å². The number of fused-ring (bicyclic) bond motifs is 4. The van der Waals surface area contributed by atoms with E-state index in [1.165, 1.54) is 11.8 Å². The Labute approximate surface area is 208 Å². The first-order valence-electron chi connectivity index (χ1n) is 11.7. The lowest BCUT2D eigenvalue weighted by Crippen LogP contribution is -2.59. The summed E-state index contributed by atoms with van der Waals surface area (Å²) in [6.07, 6.45) is 2.17. The van der Waals surface area contributed by atoms with E-state index in [4.69, 9.17) is 9.84 Å². The molecular weight excluding hydrogens is 460 g/mol. The topological polar surface area (TPSA) is 82.3 Å². The van der Waals surface area contributed by atoms with Gasteiger partial charge >= 0.3 is 0 Å². The van der Waals surface area contributed by atoms with Crippen molar-refractivity contribution in [3.8, 4) is 22.9 Å². The Morgan fingerprint density at radius 2 is 1.89 bits per heavy atom. The Morgan fingerprint density at radius 3 is 2.66 bits per heavy atom. The molecule has 0 bridgehead atoms. The number of carbonyl (C=O) groups excluding carboxylic acids is 1. The van der Waals surface area contributed by atoms with Gasteiger partial charge in [0, 0.05) is 11.5 Å². The van der Waals surface area contributed by atoms with E-state index in [1.54, 1.807) is 9.58 Å². The number of amides is 1. The molecule has 35 heavy (non-hydrogen) atoms. The molecule has 8 heteroatoms. The number of hydrogen-bond acceptors (Lipinski definition) is 6. The maximum atomic E-state index is 13.7. The average Bonchev–Trinajstić information content (AvgIpc) is 2.88. The molecule has 0 saturated carbocycles. The van der Waals surface area contributed by atoms with Crippen molar-refractivity contribution in [1.29, 1.82) is 0 Å². The van der Waals surface area contributed by atoms with Crippen LogP contribution in [-0.4, -0.2) is 28.9 Å².